The number of hydrogen-bond acceptors (Lipinski definition) is 3. The van der Waals surface area contributed by atoms with Gasteiger partial charge in [0.15, 0.2) is 5.12 Å². The first kappa shape index (κ1) is 16.7. The van der Waals surface area contributed by atoms with Gasteiger partial charge in [-0.2, -0.15) is 0 Å². The Morgan fingerprint density at radius 3 is 2.50 bits per heavy atom. The Morgan fingerprint density at radius 2 is 2.00 bits per heavy atom. The fraction of sp³-hybridized carbons (Fsp3) is 0.333. The van der Waals surface area contributed by atoms with Crippen LogP contribution in [0.5, 0.6) is 0 Å². The van der Waals surface area contributed by atoms with Crippen LogP contribution in [0, 0.1) is 11.2 Å². The number of carbonyl (C=O) groups is 2. The molecule has 0 saturated heterocycles. The van der Waals surface area contributed by atoms with Crippen molar-refractivity contribution in [2.75, 3.05) is 0 Å². The summed E-state index contributed by atoms with van der Waals surface area (Å²) in [5.41, 5.74) is 7.27. The van der Waals surface area contributed by atoms with Crippen LogP contribution in [0.2, 0.25) is 0 Å². The maximum absolute atomic E-state index is 13.6. The van der Waals surface area contributed by atoms with Crippen molar-refractivity contribution in [3.63, 3.8) is 0 Å². The molecule has 20 heavy (non-hydrogen) atoms. The Morgan fingerprint density at radius 1 is 1.40 bits per heavy atom. The van der Waals surface area contributed by atoms with E-state index < -0.39 is 17.1 Å². The van der Waals surface area contributed by atoms with Gasteiger partial charge in [-0.3, -0.25) is 9.59 Å². The highest BCUT2D eigenvalue weighted by molar-refractivity contribution is 9.10. The smallest absolute Gasteiger partial charge is 0.252 e. The molecule has 0 heterocycles. The number of nitrogens with zero attached hydrogens (tertiary/aromatic N) is 3. The first-order chi connectivity index (χ1) is 9.16. The molecule has 5 nitrogen and oxygen atoms in total. The van der Waals surface area contributed by atoms with Gasteiger partial charge in [-0.1, -0.05) is 32.5 Å². The van der Waals surface area contributed by atoms with Crippen molar-refractivity contribution < 1.29 is 14.0 Å². The van der Waals surface area contributed by atoms with Crippen molar-refractivity contribution in [2.45, 2.75) is 25.7 Å². The fourth-order valence-electron chi connectivity index (χ4n) is 1.12. The molecule has 0 unspecified atom stereocenters. The summed E-state index contributed by atoms with van der Waals surface area (Å²) >= 11 is 4.03. The van der Waals surface area contributed by atoms with E-state index in [1.165, 1.54) is 6.07 Å². The number of carbonyl (C=O) groups excluding carboxylic acids is 2. The minimum absolute atomic E-state index is 0.132. The van der Waals surface area contributed by atoms with Gasteiger partial charge >= 0.3 is 0 Å². The van der Waals surface area contributed by atoms with E-state index in [1.54, 1.807) is 20.8 Å². The maximum Gasteiger partial charge on any atom is 0.252 e. The van der Waals surface area contributed by atoms with Gasteiger partial charge < -0.3 is 0 Å². The zero-order valence-corrected chi connectivity index (χ0v) is 13.4. The second kappa shape index (κ2) is 6.39. The molecular weight excluding hydrogens is 349 g/mol. The first-order valence-electron chi connectivity index (χ1n) is 5.47. The molecule has 0 aliphatic heterocycles. The summed E-state index contributed by atoms with van der Waals surface area (Å²) in [4.78, 5) is 26.1. The molecule has 8 heteroatoms. The largest absolute Gasteiger partial charge is 0.287 e. The number of hydrogen-bond donors (Lipinski definition) is 0. The number of amides is 1. The summed E-state index contributed by atoms with van der Waals surface area (Å²) in [5, 5.41) is 2.71. The lowest BCUT2D eigenvalue weighted by Gasteiger charge is -2.16. The lowest BCUT2D eigenvalue weighted by Crippen LogP contribution is -2.16. The van der Waals surface area contributed by atoms with Gasteiger partial charge in [0.25, 0.3) is 5.91 Å². The average molecular weight is 360 g/mol. The molecule has 1 amide bonds. The molecule has 0 aliphatic rings. The Bertz CT molecular complexity index is 622. The SMILES string of the molecule is CC(C)(C)C(=O)Sc1cc(C(=O)N=[N+]=[N-])c(F)cc1Br. The van der Waals surface area contributed by atoms with E-state index >= 15 is 0 Å². The van der Waals surface area contributed by atoms with E-state index in [1.807, 2.05) is 0 Å². The second-order valence-electron chi connectivity index (χ2n) is 4.90. The first-order valence-corrected chi connectivity index (χ1v) is 7.08. The molecule has 0 radical (unpaired) electrons. The molecule has 0 aliphatic carbocycles. The van der Waals surface area contributed by atoms with E-state index in [-0.39, 0.29) is 10.7 Å². The molecule has 1 aromatic carbocycles. The number of thioether (sulfide) groups is 1. The lowest BCUT2D eigenvalue weighted by atomic mass is 10.00. The van der Waals surface area contributed by atoms with Crippen molar-refractivity contribution >= 4 is 38.7 Å². The van der Waals surface area contributed by atoms with Crippen LogP contribution >= 0.6 is 27.7 Å². The summed E-state index contributed by atoms with van der Waals surface area (Å²) < 4.78 is 14.0. The van der Waals surface area contributed by atoms with E-state index in [2.05, 4.69) is 26.0 Å². The average Bonchev–Trinajstić information content (AvgIpc) is 2.31. The van der Waals surface area contributed by atoms with Crippen molar-refractivity contribution in [2.24, 2.45) is 10.5 Å². The predicted octanol–water partition coefficient (Wildman–Crippen LogP) is 4.70. The Hall–Kier alpha value is -1.37. The highest BCUT2D eigenvalue weighted by atomic mass is 79.9. The highest BCUT2D eigenvalue weighted by Crippen LogP contribution is 2.35. The van der Waals surface area contributed by atoms with Crippen LogP contribution in [0.25, 0.3) is 10.4 Å². The van der Waals surface area contributed by atoms with Gasteiger partial charge in [0.2, 0.25) is 0 Å². The van der Waals surface area contributed by atoms with E-state index in [9.17, 15) is 14.0 Å². The predicted molar refractivity (Wildman–Crippen MR) is 77.9 cm³/mol. The molecule has 0 fully saturated rings. The number of halogens is 2. The van der Waals surface area contributed by atoms with Crippen molar-refractivity contribution in [1.82, 2.24) is 0 Å². The standard InChI is InChI=1S/C12H11BrFN3O2S/c1-12(2,3)11(19)20-9-4-6(10(18)16-17-15)8(14)5-7(9)13/h4-5H,1-3H3. The van der Waals surface area contributed by atoms with Crippen LogP contribution in [0.4, 0.5) is 4.39 Å². The van der Waals surface area contributed by atoms with Gasteiger partial charge in [0, 0.05) is 19.7 Å². The van der Waals surface area contributed by atoms with Crippen LogP contribution in [-0.4, -0.2) is 11.0 Å². The Labute approximate surface area is 127 Å². The zero-order valence-electron chi connectivity index (χ0n) is 11.0. The molecule has 106 valence electrons. The number of benzene rings is 1. The summed E-state index contributed by atoms with van der Waals surface area (Å²) in [6, 6.07) is 2.27. The molecule has 1 aromatic rings. The normalized spacial score (nSPS) is 10.8. The van der Waals surface area contributed by atoms with Gasteiger partial charge in [0.1, 0.15) is 5.82 Å². The van der Waals surface area contributed by atoms with Gasteiger partial charge in [-0.25, -0.2) is 4.39 Å². The lowest BCUT2D eigenvalue weighted by molar-refractivity contribution is -0.117. The molecule has 0 spiro atoms. The molecule has 0 atom stereocenters. The van der Waals surface area contributed by atoms with Crippen LogP contribution in [-0.2, 0) is 4.79 Å². The quantitative estimate of drug-likeness (QED) is 0.332. The number of rotatable bonds is 2. The third kappa shape index (κ3) is 4.06. The van der Waals surface area contributed by atoms with Gasteiger partial charge in [-0.15, -0.1) is 0 Å². The monoisotopic (exact) mass is 359 g/mol. The summed E-state index contributed by atoms with van der Waals surface area (Å²) in [7, 11) is 0. The minimum atomic E-state index is -1.03. The van der Waals surface area contributed by atoms with Crippen LogP contribution in [0.1, 0.15) is 31.1 Å². The van der Waals surface area contributed by atoms with E-state index in [0.29, 0.717) is 9.37 Å². The van der Waals surface area contributed by atoms with Crippen molar-refractivity contribution in [3.8, 4) is 0 Å². The third-order valence-corrected chi connectivity index (χ3v) is 4.48. The fourth-order valence-corrected chi connectivity index (χ4v) is 2.52. The van der Waals surface area contributed by atoms with Crippen LogP contribution < -0.4 is 0 Å². The third-order valence-electron chi connectivity index (χ3n) is 2.20. The summed E-state index contributed by atoms with van der Waals surface area (Å²) in [6.07, 6.45) is 0. The zero-order chi connectivity index (χ0) is 15.5. The second-order valence-corrected chi connectivity index (χ2v) is 6.77. The highest BCUT2D eigenvalue weighted by Gasteiger charge is 2.24. The van der Waals surface area contributed by atoms with Crippen molar-refractivity contribution in [3.05, 3.63) is 38.4 Å². The molecule has 1 rings (SSSR count). The Balaban J connectivity index is 3.22. The number of azide groups is 1. The van der Waals surface area contributed by atoms with E-state index in [4.69, 9.17) is 5.53 Å². The molecule has 0 aromatic heterocycles. The van der Waals surface area contributed by atoms with Crippen molar-refractivity contribution in [1.29, 1.82) is 0 Å². The topological polar surface area (TPSA) is 82.9 Å². The van der Waals surface area contributed by atoms with Crippen LogP contribution in [0.3, 0.4) is 0 Å². The van der Waals surface area contributed by atoms with Gasteiger partial charge in [-0.05, 0) is 38.7 Å². The Kier molecular flexibility index (Phi) is 5.33. The maximum atomic E-state index is 13.6. The summed E-state index contributed by atoms with van der Waals surface area (Å²) in [5.74, 6) is -1.84. The minimum Gasteiger partial charge on any atom is -0.287 e. The van der Waals surface area contributed by atoms with E-state index in [0.717, 1.165) is 17.8 Å². The van der Waals surface area contributed by atoms with Gasteiger partial charge in [0.05, 0.1) is 5.56 Å². The molecule has 0 bridgehead atoms. The summed E-state index contributed by atoms with van der Waals surface area (Å²) in [6.45, 7) is 5.27. The molecular formula is C12H11BrFN3O2S. The molecule has 0 saturated carbocycles. The molecule has 0 N–H and O–H groups in total. The van der Waals surface area contributed by atoms with Crippen LogP contribution in [0.15, 0.2) is 26.6 Å².